The lowest BCUT2D eigenvalue weighted by Gasteiger charge is -2.24. The molecule has 4 rings (SSSR count). The van der Waals surface area contributed by atoms with Crippen LogP contribution in [0.2, 0.25) is 0 Å². The lowest BCUT2D eigenvalue weighted by atomic mass is 9.77. The first-order valence-electron chi connectivity index (χ1n) is 7.14. The number of fused-ring (bicyclic) bond motifs is 1. The van der Waals surface area contributed by atoms with Gasteiger partial charge in [0.25, 0.3) is 0 Å². The number of ether oxygens (including phenoxy) is 1. The third-order valence-corrected chi connectivity index (χ3v) is 4.60. The van der Waals surface area contributed by atoms with E-state index in [0.717, 1.165) is 44.2 Å². The quantitative estimate of drug-likeness (QED) is 0.944. The maximum atomic E-state index is 5.79. The smallest absolute Gasteiger partial charge is 0.181 e. The third kappa shape index (κ3) is 2.37. The Hall–Kier alpha value is -1.36. The van der Waals surface area contributed by atoms with Crippen molar-refractivity contribution in [2.24, 2.45) is 5.92 Å². The molecule has 112 valence electrons. The molecule has 1 aromatic carbocycles. The van der Waals surface area contributed by atoms with Gasteiger partial charge in [-0.1, -0.05) is 30.3 Å². The Morgan fingerprint density at radius 3 is 3.00 bits per heavy atom. The van der Waals surface area contributed by atoms with E-state index in [4.69, 9.17) is 9.15 Å². The van der Waals surface area contributed by atoms with E-state index in [-0.39, 0.29) is 17.8 Å². The molecule has 0 saturated carbocycles. The summed E-state index contributed by atoms with van der Waals surface area (Å²) in [5, 5.41) is 3.48. The molecule has 0 bridgehead atoms. The van der Waals surface area contributed by atoms with Gasteiger partial charge in [-0.25, -0.2) is 4.98 Å². The first-order chi connectivity index (χ1) is 9.88. The highest BCUT2D eigenvalue weighted by molar-refractivity contribution is 5.85. The summed E-state index contributed by atoms with van der Waals surface area (Å²) in [5.74, 6) is 1.53. The van der Waals surface area contributed by atoms with E-state index in [0.29, 0.717) is 5.92 Å². The Bertz CT molecular complexity index is 589. The monoisotopic (exact) mass is 306 g/mol. The molecule has 1 N–H and O–H groups in total. The molecular formula is C16H19ClN2O2. The highest BCUT2D eigenvalue weighted by Crippen LogP contribution is 2.42. The van der Waals surface area contributed by atoms with Gasteiger partial charge in [-0.15, -0.1) is 12.4 Å². The highest BCUT2D eigenvalue weighted by Gasteiger charge is 2.52. The van der Waals surface area contributed by atoms with Gasteiger partial charge >= 0.3 is 0 Å². The zero-order chi connectivity index (χ0) is 13.4. The summed E-state index contributed by atoms with van der Waals surface area (Å²) >= 11 is 0. The standard InChI is InChI=1S/C16H18N2O2.ClH/c1-2-4-12(5-3-1)6-14-15(20-11-18-14)16-9-17-7-13(16)8-19-10-16;/h1-5,11,13,17H,6-10H2;1H/t13-,16-;/m0./s1. The first kappa shape index (κ1) is 14.6. The molecule has 0 amide bonds. The van der Waals surface area contributed by atoms with Crippen molar-refractivity contribution in [1.82, 2.24) is 10.3 Å². The number of rotatable bonds is 3. The van der Waals surface area contributed by atoms with E-state index in [9.17, 15) is 0 Å². The minimum absolute atomic E-state index is 0. The van der Waals surface area contributed by atoms with Gasteiger partial charge in [0.2, 0.25) is 0 Å². The van der Waals surface area contributed by atoms with Crippen LogP contribution in [0.4, 0.5) is 0 Å². The molecule has 2 saturated heterocycles. The molecule has 5 heteroatoms. The highest BCUT2D eigenvalue weighted by atomic mass is 35.5. The predicted molar refractivity (Wildman–Crippen MR) is 81.9 cm³/mol. The van der Waals surface area contributed by atoms with Gasteiger partial charge in [-0.05, 0) is 5.56 Å². The van der Waals surface area contributed by atoms with Crippen molar-refractivity contribution in [3.8, 4) is 0 Å². The van der Waals surface area contributed by atoms with Crippen molar-refractivity contribution < 1.29 is 9.15 Å². The van der Waals surface area contributed by atoms with Crippen LogP contribution in [0.1, 0.15) is 17.0 Å². The van der Waals surface area contributed by atoms with Crippen molar-refractivity contribution in [3.63, 3.8) is 0 Å². The van der Waals surface area contributed by atoms with Crippen LogP contribution in [-0.2, 0) is 16.6 Å². The van der Waals surface area contributed by atoms with Gasteiger partial charge in [0.15, 0.2) is 6.39 Å². The fraction of sp³-hybridized carbons (Fsp3) is 0.438. The molecule has 4 nitrogen and oxygen atoms in total. The van der Waals surface area contributed by atoms with Crippen molar-refractivity contribution in [3.05, 3.63) is 53.7 Å². The van der Waals surface area contributed by atoms with Gasteiger partial charge in [-0.3, -0.25) is 0 Å². The second kappa shape index (κ2) is 5.79. The summed E-state index contributed by atoms with van der Waals surface area (Å²) in [5.41, 5.74) is 2.30. The molecule has 3 heterocycles. The van der Waals surface area contributed by atoms with Gasteiger partial charge in [0.1, 0.15) is 5.76 Å². The average molecular weight is 307 g/mol. The number of benzene rings is 1. The average Bonchev–Trinajstić information content (AvgIpc) is 3.13. The molecule has 0 unspecified atom stereocenters. The van der Waals surface area contributed by atoms with Gasteiger partial charge in [0, 0.05) is 25.4 Å². The van der Waals surface area contributed by atoms with Crippen LogP contribution in [0, 0.1) is 5.92 Å². The first-order valence-corrected chi connectivity index (χ1v) is 7.14. The van der Waals surface area contributed by atoms with Crippen molar-refractivity contribution in [2.75, 3.05) is 26.3 Å². The van der Waals surface area contributed by atoms with Crippen LogP contribution in [0.5, 0.6) is 0 Å². The maximum Gasteiger partial charge on any atom is 0.181 e. The van der Waals surface area contributed by atoms with Crippen molar-refractivity contribution in [1.29, 1.82) is 0 Å². The van der Waals surface area contributed by atoms with E-state index in [2.05, 4.69) is 34.6 Å². The predicted octanol–water partition coefficient (Wildman–Crippen LogP) is 2.17. The molecule has 21 heavy (non-hydrogen) atoms. The molecule has 0 radical (unpaired) electrons. The van der Waals surface area contributed by atoms with Crippen LogP contribution in [0.3, 0.4) is 0 Å². The van der Waals surface area contributed by atoms with Crippen LogP contribution in [-0.4, -0.2) is 31.3 Å². The van der Waals surface area contributed by atoms with Crippen molar-refractivity contribution >= 4 is 12.4 Å². The molecular weight excluding hydrogens is 288 g/mol. The molecule has 2 aromatic rings. The van der Waals surface area contributed by atoms with E-state index in [1.165, 1.54) is 5.56 Å². The van der Waals surface area contributed by atoms with E-state index in [1.54, 1.807) is 6.39 Å². The van der Waals surface area contributed by atoms with E-state index in [1.807, 2.05) is 6.07 Å². The molecule has 2 aliphatic heterocycles. The topological polar surface area (TPSA) is 47.3 Å². The van der Waals surface area contributed by atoms with Gasteiger partial charge < -0.3 is 14.5 Å². The van der Waals surface area contributed by atoms with Crippen LogP contribution < -0.4 is 5.32 Å². The largest absolute Gasteiger partial charge is 0.447 e. The Labute approximate surface area is 130 Å². The second-order valence-electron chi connectivity index (χ2n) is 5.79. The fourth-order valence-electron chi connectivity index (χ4n) is 3.50. The molecule has 2 fully saturated rings. The zero-order valence-electron chi connectivity index (χ0n) is 11.7. The summed E-state index contributed by atoms with van der Waals surface area (Å²) in [6.45, 7) is 3.49. The minimum Gasteiger partial charge on any atom is -0.447 e. The molecule has 0 spiro atoms. The van der Waals surface area contributed by atoms with E-state index >= 15 is 0 Å². The maximum absolute atomic E-state index is 5.79. The SMILES string of the molecule is Cl.c1ccc(Cc2ncoc2[C@]23CNC[C@H]2COC3)cc1. The lowest BCUT2D eigenvalue weighted by Crippen LogP contribution is -2.35. The van der Waals surface area contributed by atoms with Gasteiger partial charge in [-0.2, -0.15) is 0 Å². The normalized spacial score (nSPS) is 27.3. The zero-order valence-corrected chi connectivity index (χ0v) is 12.6. The summed E-state index contributed by atoms with van der Waals surface area (Å²) in [6.07, 6.45) is 2.40. The number of halogens is 1. The lowest BCUT2D eigenvalue weighted by molar-refractivity contribution is 0.165. The number of aromatic nitrogens is 1. The molecule has 0 aliphatic carbocycles. The third-order valence-electron chi connectivity index (χ3n) is 4.60. The molecule has 2 aliphatic rings. The Kier molecular flexibility index (Phi) is 4.02. The Morgan fingerprint density at radius 2 is 2.14 bits per heavy atom. The number of hydrogen-bond acceptors (Lipinski definition) is 4. The van der Waals surface area contributed by atoms with Crippen molar-refractivity contribution in [2.45, 2.75) is 11.8 Å². The van der Waals surface area contributed by atoms with E-state index < -0.39 is 0 Å². The number of nitrogens with one attached hydrogen (secondary N) is 1. The molecule has 1 aromatic heterocycles. The number of nitrogens with zero attached hydrogens (tertiary/aromatic N) is 1. The fourth-order valence-corrected chi connectivity index (χ4v) is 3.50. The molecule has 2 atom stereocenters. The Morgan fingerprint density at radius 1 is 1.29 bits per heavy atom. The van der Waals surface area contributed by atoms with Crippen LogP contribution in [0.25, 0.3) is 0 Å². The number of oxazole rings is 1. The summed E-state index contributed by atoms with van der Waals surface area (Å²) in [4.78, 5) is 4.46. The summed E-state index contributed by atoms with van der Waals surface area (Å²) < 4.78 is 11.5. The van der Waals surface area contributed by atoms with Crippen LogP contribution >= 0.6 is 12.4 Å². The summed E-state index contributed by atoms with van der Waals surface area (Å²) in [7, 11) is 0. The van der Waals surface area contributed by atoms with Crippen LogP contribution in [0.15, 0.2) is 41.1 Å². The van der Waals surface area contributed by atoms with Gasteiger partial charge in [0.05, 0.1) is 24.3 Å². The summed E-state index contributed by atoms with van der Waals surface area (Å²) in [6, 6.07) is 10.4. The Balaban J connectivity index is 0.00000132. The minimum atomic E-state index is -0.0133. The number of hydrogen-bond donors (Lipinski definition) is 1. The second-order valence-corrected chi connectivity index (χ2v) is 5.79.